The normalized spacial score (nSPS) is 16.2. The molecule has 0 N–H and O–H groups in total. The van der Waals surface area contributed by atoms with Gasteiger partial charge in [0.15, 0.2) is 0 Å². The predicted molar refractivity (Wildman–Crippen MR) is 181 cm³/mol. The molecule has 0 nitrogen and oxygen atoms in total. The van der Waals surface area contributed by atoms with E-state index in [1.807, 2.05) is 0 Å². The van der Waals surface area contributed by atoms with Crippen LogP contribution in [-0.4, -0.2) is 0 Å². The summed E-state index contributed by atoms with van der Waals surface area (Å²) in [7, 11) is 0. The van der Waals surface area contributed by atoms with E-state index in [2.05, 4.69) is 147 Å². The Morgan fingerprint density at radius 2 is 0.822 bits per heavy atom. The molecular weight excluding hydrogens is 667 g/mol. The molecule has 6 aromatic carbocycles. The fraction of sp³-hybridized carbons (Fsp3) is 0.143. The maximum Gasteiger partial charge on any atom is -1.00 e. The molecule has 0 spiro atoms. The van der Waals surface area contributed by atoms with Crippen LogP contribution in [0.3, 0.4) is 0 Å². The summed E-state index contributed by atoms with van der Waals surface area (Å²) in [5.74, 6) is 0. The smallest absolute Gasteiger partial charge is 1.00 e. The van der Waals surface area contributed by atoms with Gasteiger partial charge in [-0.3, -0.25) is 0 Å². The molecule has 0 aromatic heterocycles. The van der Waals surface area contributed by atoms with E-state index < -0.39 is 23.2 Å². The fourth-order valence-corrected chi connectivity index (χ4v) is 12.9. The molecule has 0 heterocycles. The van der Waals surface area contributed by atoms with Crippen LogP contribution in [0.5, 0.6) is 0 Å². The van der Waals surface area contributed by atoms with Crippen LogP contribution in [0.25, 0.3) is 56.0 Å². The first kappa shape index (κ1) is 31.8. The van der Waals surface area contributed by atoms with Crippen molar-refractivity contribution < 1.29 is 48.0 Å². The van der Waals surface area contributed by atoms with E-state index in [4.69, 9.17) is 0 Å². The van der Waals surface area contributed by atoms with Crippen molar-refractivity contribution in [1.29, 1.82) is 0 Å². The molecule has 220 valence electrons. The summed E-state index contributed by atoms with van der Waals surface area (Å²) in [5.41, 5.74) is 14.8. The summed E-state index contributed by atoms with van der Waals surface area (Å²) in [5, 5.41) is 5.31. The van der Waals surface area contributed by atoms with Crippen LogP contribution in [0.15, 0.2) is 132 Å². The summed E-state index contributed by atoms with van der Waals surface area (Å²) >= 11 is -0.962. The molecule has 2 unspecified atom stereocenters. The quantitative estimate of drug-likeness (QED) is 0.206. The molecule has 0 saturated heterocycles. The van der Waals surface area contributed by atoms with E-state index in [9.17, 15) is 0 Å². The van der Waals surface area contributed by atoms with Crippen molar-refractivity contribution >= 4 is 33.7 Å². The zero-order valence-electron chi connectivity index (χ0n) is 25.5. The van der Waals surface area contributed by atoms with Crippen molar-refractivity contribution in [3.8, 4) is 22.3 Å². The Kier molecular flexibility index (Phi) is 9.35. The molecule has 2 aliphatic rings. The second kappa shape index (κ2) is 13.3. The molecule has 3 heteroatoms. The summed E-state index contributed by atoms with van der Waals surface area (Å²) in [4.78, 5) is 0. The Hall–Kier alpha value is -3.22. The minimum absolute atomic E-state index is 0. The number of hydrogen-bond donors (Lipinski definition) is 0. The zero-order valence-corrected chi connectivity index (χ0v) is 29.5. The van der Waals surface area contributed by atoms with E-state index in [1.165, 1.54) is 54.9 Å². The number of hydrogen-bond acceptors (Lipinski definition) is 0. The van der Waals surface area contributed by atoms with Crippen molar-refractivity contribution in [2.45, 2.75) is 33.9 Å². The van der Waals surface area contributed by atoms with Crippen LogP contribution in [-0.2, 0) is 23.2 Å². The van der Waals surface area contributed by atoms with Crippen LogP contribution < -0.4 is 24.8 Å². The summed E-state index contributed by atoms with van der Waals surface area (Å²) in [6.07, 6.45) is 7.37. The van der Waals surface area contributed by atoms with E-state index in [1.54, 1.807) is 22.3 Å². The summed E-state index contributed by atoms with van der Waals surface area (Å²) in [6, 6.07) is 45.3. The third-order valence-electron chi connectivity index (χ3n) is 9.61. The van der Waals surface area contributed by atoms with Gasteiger partial charge in [0.25, 0.3) is 0 Å². The summed E-state index contributed by atoms with van der Waals surface area (Å²) < 4.78 is 1.20. The molecule has 45 heavy (non-hydrogen) atoms. The first-order valence-corrected chi connectivity index (χ1v) is 18.5. The van der Waals surface area contributed by atoms with Crippen molar-refractivity contribution in [2.24, 2.45) is 0 Å². The molecule has 0 saturated carbocycles. The van der Waals surface area contributed by atoms with Crippen LogP contribution >= 0.6 is 0 Å². The molecule has 0 aliphatic heterocycles. The SMILES string of the molecule is CCC1=Cc2c(-c3cccc4ccccc34)cccc2[CH]1[Zr+2][CH]1C(CC)=Cc2c(-c3cccc4ccccc34)cccc21.[Cl-].[Cl-]. The fourth-order valence-electron chi connectivity index (χ4n) is 7.49. The van der Waals surface area contributed by atoms with Gasteiger partial charge in [0.05, 0.1) is 0 Å². The third-order valence-corrected chi connectivity index (χ3v) is 14.6. The number of allylic oxidation sites excluding steroid dienone is 2. The van der Waals surface area contributed by atoms with Crippen LogP contribution in [0, 0.1) is 0 Å². The van der Waals surface area contributed by atoms with E-state index in [0.29, 0.717) is 7.25 Å². The van der Waals surface area contributed by atoms with Gasteiger partial charge < -0.3 is 24.8 Å². The minimum atomic E-state index is -0.962. The first-order valence-electron chi connectivity index (χ1n) is 15.6. The molecular formula is C42H34Cl2Zr. The monoisotopic (exact) mass is 698 g/mol. The molecule has 8 rings (SSSR count). The molecule has 2 aliphatic carbocycles. The standard InChI is InChI=1S/2C21H17.2ClH.Zr/c2*1-2-15-13-17-9-6-12-20(21(17)14-15)19-11-5-8-16-7-3-4-10-18(16)19;;;/h2*3-14H,2H2,1H3;2*1H;/q;;;;+2/p-2. The van der Waals surface area contributed by atoms with E-state index >= 15 is 0 Å². The van der Waals surface area contributed by atoms with Gasteiger partial charge in [-0.25, -0.2) is 0 Å². The number of fused-ring (bicyclic) bond motifs is 4. The zero-order chi connectivity index (χ0) is 28.9. The van der Waals surface area contributed by atoms with Gasteiger partial charge in [-0.15, -0.1) is 0 Å². The molecule has 6 aromatic rings. The molecule has 2 atom stereocenters. The van der Waals surface area contributed by atoms with E-state index in [-0.39, 0.29) is 24.8 Å². The minimum Gasteiger partial charge on any atom is -1.00 e. The van der Waals surface area contributed by atoms with Crippen LogP contribution in [0.4, 0.5) is 0 Å². The molecule has 0 fully saturated rings. The Morgan fingerprint density at radius 1 is 0.444 bits per heavy atom. The Bertz CT molecular complexity index is 1940. The maximum atomic E-state index is 2.57. The van der Waals surface area contributed by atoms with Gasteiger partial charge >= 0.3 is 268 Å². The van der Waals surface area contributed by atoms with E-state index in [0.717, 1.165) is 12.8 Å². The van der Waals surface area contributed by atoms with Crippen molar-refractivity contribution in [3.05, 3.63) is 155 Å². The average Bonchev–Trinajstić information content (AvgIpc) is 3.62. The van der Waals surface area contributed by atoms with Crippen LogP contribution in [0.1, 0.15) is 56.2 Å². The largest absolute Gasteiger partial charge is 1.00 e. The Morgan fingerprint density at radius 3 is 1.27 bits per heavy atom. The van der Waals surface area contributed by atoms with Crippen molar-refractivity contribution in [1.82, 2.24) is 0 Å². The Labute approximate surface area is 290 Å². The predicted octanol–water partition coefficient (Wildman–Crippen LogP) is 5.81. The summed E-state index contributed by atoms with van der Waals surface area (Å²) in [6.45, 7) is 4.72. The Balaban J connectivity index is 0.00000179. The third kappa shape index (κ3) is 5.38. The van der Waals surface area contributed by atoms with Crippen molar-refractivity contribution in [3.63, 3.8) is 0 Å². The van der Waals surface area contributed by atoms with Gasteiger partial charge in [0.1, 0.15) is 0 Å². The first-order chi connectivity index (χ1) is 21.2. The second-order valence-electron chi connectivity index (χ2n) is 11.8. The molecule has 0 bridgehead atoms. The average molecular weight is 701 g/mol. The van der Waals surface area contributed by atoms with Gasteiger partial charge in [0, 0.05) is 0 Å². The van der Waals surface area contributed by atoms with Gasteiger partial charge in [0.2, 0.25) is 0 Å². The number of halogens is 2. The van der Waals surface area contributed by atoms with Crippen LogP contribution in [0.2, 0.25) is 0 Å². The number of benzene rings is 6. The maximum absolute atomic E-state index is 2.57. The molecule has 0 radical (unpaired) electrons. The second-order valence-corrected chi connectivity index (χ2v) is 15.5. The van der Waals surface area contributed by atoms with Gasteiger partial charge in [-0.1, -0.05) is 0 Å². The number of rotatable bonds is 6. The topological polar surface area (TPSA) is 0 Å². The molecule has 0 amide bonds. The van der Waals surface area contributed by atoms with Crippen molar-refractivity contribution in [2.75, 3.05) is 0 Å². The van der Waals surface area contributed by atoms with Gasteiger partial charge in [-0.2, -0.15) is 0 Å². The van der Waals surface area contributed by atoms with Gasteiger partial charge in [-0.05, 0) is 0 Å².